The van der Waals surface area contributed by atoms with Gasteiger partial charge in [0.1, 0.15) is 11.5 Å². The Morgan fingerprint density at radius 3 is 1.29 bits per heavy atom. The standard InChI is InChI=1S/C24H23F6NO2.C24H25F6NO.C4H8O/c25-23(26,27)18-4-2-17(3-5-18)22(11-1-12-22)21(32)31-13-10-16(14-31)15-33-20-8-6-19(7-9-20)24(28,29)30;25-23(26,27)19-4-2-18(3-5-19)22(11-1-12-22)16-31-13-10-17(14-31)15-32-21-8-6-20(7-9-21)24(28,29)30;1-2-4-5-3-1/h2-9,16H,1,10-15H2;2-9,17H,1,10-16H2;1-4H2/t16-;17-;/m11./s1. The average molecular weight is 1000 g/mol. The van der Waals surface area contributed by atoms with Gasteiger partial charge in [-0.25, -0.2) is 0 Å². The van der Waals surface area contributed by atoms with Crippen LogP contribution < -0.4 is 9.47 Å². The van der Waals surface area contributed by atoms with Crippen molar-refractivity contribution >= 4 is 5.91 Å². The van der Waals surface area contributed by atoms with Crippen molar-refractivity contribution in [1.82, 2.24) is 9.80 Å². The number of rotatable bonds is 11. The van der Waals surface area contributed by atoms with Crippen LogP contribution in [-0.2, 0) is 45.1 Å². The number of carbonyl (C=O) groups excluding carboxylic acids is 1. The predicted octanol–water partition coefficient (Wildman–Crippen LogP) is 13.4. The first-order valence-electron chi connectivity index (χ1n) is 23.6. The zero-order valence-electron chi connectivity index (χ0n) is 38.4. The van der Waals surface area contributed by atoms with Gasteiger partial charge in [0.05, 0.1) is 40.9 Å². The molecule has 0 spiro atoms. The molecular weight excluding hydrogens is 945 g/mol. The molecule has 4 aromatic carbocycles. The van der Waals surface area contributed by atoms with Crippen LogP contribution in [0.1, 0.15) is 97.6 Å². The zero-order chi connectivity index (χ0) is 50.4. The summed E-state index contributed by atoms with van der Waals surface area (Å²) in [5.74, 6) is 0.957. The third kappa shape index (κ3) is 13.3. The molecule has 2 aliphatic carbocycles. The number of likely N-dealkylation sites (tertiary alicyclic amines) is 2. The highest BCUT2D eigenvalue weighted by Gasteiger charge is 2.49. The van der Waals surface area contributed by atoms with Crippen LogP contribution in [0.2, 0.25) is 0 Å². The molecule has 1 amide bonds. The van der Waals surface area contributed by atoms with Gasteiger partial charge in [0.25, 0.3) is 0 Å². The lowest BCUT2D eigenvalue weighted by molar-refractivity contribution is -0.140. The Hall–Kier alpha value is -4.97. The minimum absolute atomic E-state index is 0.0287. The van der Waals surface area contributed by atoms with Gasteiger partial charge in [-0.2, -0.15) is 52.7 Å². The summed E-state index contributed by atoms with van der Waals surface area (Å²) in [5, 5.41) is 0. The van der Waals surface area contributed by atoms with Gasteiger partial charge < -0.3 is 24.0 Å². The van der Waals surface area contributed by atoms with E-state index in [0.717, 1.165) is 107 Å². The third-order valence-electron chi connectivity index (χ3n) is 14.1. The molecule has 382 valence electrons. The molecule has 2 saturated carbocycles. The Morgan fingerprint density at radius 1 is 0.514 bits per heavy atom. The van der Waals surface area contributed by atoms with E-state index in [9.17, 15) is 57.5 Å². The maximum atomic E-state index is 13.3. The molecule has 3 heterocycles. The molecule has 0 unspecified atom stereocenters. The van der Waals surface area contributed by atoms with E-state index in [0.29, 0.717) is 56.0 Å². The smallest absolute Gasteiger partial charge is 0.416 e. The predicted molar refractivity (Wildman–Crippen MR) is 237 cm³/mol. The second-order valence-corrected chi connectivity index (χ2v) is 19.0. The molecule has 0 bridgehead atoms. The van der Waals surface area contributed by atoms with Crippen LogP contribution in [0.5, 0.6) is 11.5 Å². The number of halogens is 12. The number of nitrogens with zero attached hydrogens (tertiary/aromatic N) is 2. The molecule has 6 nitrogen and oxygen atoms in total. The lowest BCUT2D eigenvalue weighted by atomic mass is 9.63. The Bertz CT molecular complexity index is 2280. The topological polar surface area (TPSA) is 51.2 Å². The summed E-state index contributed by atoms with van der Waals surface area (Å²) in [6.45, 7) is 6.14. The summed E-state index contributed by atoms with van der Waals surface area (Å²) >= 11 is 0. The quantitative estimate of drug-likeness (QED) is 0.140. The van der Waals surface area contributed by atoms with Crippen molar-refractivity contribution in [3.05, 3.63) is 130 Å². The minimum Gasteiger partial charge on any atom is -0.493 e. The Labute approximate surface area is 399 Å². The zero-order valence-corrected chi connectivity index (χ0v) is 38.4. The summed E-state index contributed by atoms with van der Waals surface area (Å²) < 4.78 is 170. The number of carbonyl (C=O) groups is 1. The van der Waals surface area contributed by atoms with Gasteiger partial charge in [-0.3, -0.25) is 4.79 Å². The summed E-state index contributed by atoms with van der Waals surface area (Å²) in [4.78, 5) is 17.4. The molecule has 5 aliphatic rings. The molecule has 3 saturated heterocycles. The third-order valence-corrected chi connectivity index (χ3v) is 14.1. The number of hydrogen-bond donors (Lipinski definition) is 0. The second-order valence-electron chi connectivity index (χ2n) is 19.0. The van der Waals surface area contributed by atoms with Gasteiger partial charge in [0.2, 0.25) is 5.91 Å². The fraction of sp³-hybridized carbons (Fsp3) is 0.519. The molecule has 4 aromatic rings. The SMILES string of the molecule is C1CCOC1.FC(F)(F)c1ccc(OC[C@@H]2CCN(CC3(c4ccc(C(F)(F)F)cc4)CCC3)C2)cc1.O=C(N1CC[C@@H](COc2ccc(C(F)(F)F)cc2)C1)C1(c2ccc(C(F)(F)F)cc2)CCC1. The van der Waals surface area contributed by atoms with Crippen LogP contribution in [0, 0.1) is 11.8 Å². The number of amides is 1. The lowest BCUT2D eigenvalue weighted by Gasteiger charge is -2.45. The fourth-order valence-corrected chi connectivity index (χ4v) is 9.78. The molecular formula is C52H56F12N2O4. The van der Waals surface area contributed by atoms with Gasteiger partial charge in [-0.05, 0) is 142 Å². The number of alkyl halides is 12. The molecule has 5 fully saturated rings. The molecule has 3 aliphatic heterocycles. The lowest BCUT2D eigenvalue weighted by Crippen LogP contribution is -2.50. The first-order valence-corrected chi connectivity index (χ1v) is 23.6. The van der Waals surface area contributed by atoms with Crippen LogP contribution in [0.25, 0.3) is 0 Å². The van der Waals surface area contributed by atoms with Gasteiger partial charge in [-0.1, -0.05) is 37.1 Å². The van der Waals surface area contributed by atoms with Crippen LogP contribution in [0.3, 0.4) is 0 Å². The van der Waals surface area contributed by atoms with Crippen LogP contribution >= 0.6 is 0 Å². The van der Waals surface area contributed by atoms with Crippen molar-refractivity contribution in [2.45, 2.75) is 99.7 Å². The number of ether oxygens (including phenoxy) is 3. The number of hydrogen-bond acceptors (Lipinski definition) is 5. The highest BCUT2D eigenvalue weighted by atomic mass is 19.4. The Kier molecular flexibility index (Phi) is 16.5. The second kappa shape index (κ2) is 21.8. The van der Waals surface area contributed by atoms with Gasteiger partial charge in [0, 0.05) is 56.6 Å². The first-order chi connectivity index (χ1) is 33.0. The van der Waals surface area contributed by atoms with Crippen molar-refractivity contribution in [1.29, 1.82) is 0 Å². The van der Waals surface area contributed by atoms with E-state index in [1.807, 2.05) is 0 Å². The molecule has 18 heteroatoms. The highest BCUT2D eigenvalue weighted by molar-refractivity contribution is 5.89. The van der Waals surface area contributed by atoms with Gasteiger partial charge in [-0.15, -0.1) is 0 Å². The van der Waals surface area contributed by atoms with Gasteiger partial charge >= 0.3 is 24.7 Å². The van der Waals surface area contributed by atoms with Crippen LogP contribution in [-0.4, -0.2) is 74.9 Å². The molecule has 9 rings (SSSR count). The molecule has 70 heavy (non-hydrogen) atoms. The fourth-order valence-electron chi connectivity index (χ4n) is 9.78. The van der Waals surface area contributed by atoms with Crippen molar-refractivity contribution in [3.8, 4) is 11.5 Å². The Balaban J connectivity index is 0.000000187. The molecule has 0 radical (unpaired) electrons. The van der Waals surface area contributed by atoms with Crippen molar-refractivity contribution < 1.29 is 71.7 Å². The van der Waals surface area contributed by atoms with Crippen LogP contribution in [0.4, 0.5) is 52.7 Å². The monoisotopic (exact) mass is 1000 g/mol. The Morgan fingerprint density at radius 2 is 0.914 bits per heavy atom. The van der Waals surface area contributed by atoms with Crippen molar-refractivity contribution in [3.63, 3.8) is 0 Å². The van der Waals surface area contributed by atoms with E-state index >= 15 is 0 Å². The van der Waals surface area contributed by atoms with E-state index in [2.05, 4.69) is 4.90 Å². The normalized spacial score (nSPS) is 21.1. The van der Waals surface area contributed by atoms with Crippen molar-refractivity contribution in [2.24, 2.45) is 11.8 Å². The van der Waals surface area contributed by atoms with Crippen molar-refractivity contribution in [2.75, 3.05) is 59.2 Å². The molecule has 2 atom stereocenters. The molecule has 0 N–H and O–H groups in total. The maximum Gasteiger partial charge on any atom is 0.416 e. The van der Waals surface area contributed by atoms with E-state index in [1.165, 1.54) is 61.4 Å². The van der Waals surface area contributed by atoms with E-state index in [4.69, 9.17) is 14.2 Å². The number of benzene rings is 4. The summed E-state index contributed by atoms with van der Waals surface area (Å²) in [7, 11) is 0. The maximum absolute atomic E-state index is 13.3. The molecule has 0 aromatic heterocycles. The van der Waals surface area contributed by atoms with E-state index in [-0.39, 0.29) is 29.8 Å². The minimum atomic E-state index is -4.43. The van der Waals surface area contributed by atoms with Gasteiger partial charge in [0.15, 0.2) is 0 Å². The summed E-state index contributed by atoms with van der Waals surface area (Å²) in [6, 6.07) is 19.6. The van der Waals surface area contributed by atoms with Crippen LogP contribution in [0.15, 0.2) is 97.1 Å². The largest absolute Gasteiger partial charge is 0.493 e. The summed E-state index contributed by atoms with van der Waals surface area (Å²) in [5.41, 5.74) is -2.14. The first kappa shape index (κ1) is 52.8. The highest BCUT2D eigenvalue weighted by Crippen LogP contribution is 2.48. The van der Waals surface area contributed by atoms with E-state index in [1.54, 1.807) is 17.0 Å². The summed E-state index contributed by atoms with van der Waals surface area (Å²) in [6.07, 6.45) is -8.35. The van der Waals surface area contributed by atoms with E-state index < -0.39 is 52.4 Å². The average Bonchev–Trinajstić information content (AvgIpc) is 4.11.